The van der Waals surface area contributed by atoms with Gasteiger partial charge in [0.2, 0.25) is 0 Å². The molecular weight excluding hydrogens is 282 g/mol. The number of nitrogens with zero attached hydrogens (tertiary/aromatic N) is 2. The molecule has 0 spiro atoms. The van der Waals surface area contributed by atoms with Gasteiger partial charge < -0.3 is 15.0 Å². The summed E-state index contributed by atoms with van der Waals surface area (Å²) < 4.78 is 0. The number of aliphatic carboxylic acids is 1. The zero-order chi connectivity index (χ0) is 15.6. The minimum atomic E-state index is -1.20. The van der Waals surface area contributed by atoms with Crippen molar-refractivity contribution in [3.63, 3.8) is 0 Å². The van der Waals surface area contributed by atoms with Gasteiger partial charge >= 0.3 is 5.97 Å². The molecule has 0 aromatic carbocycles. The highest BCUT2D eigenvalue weighted by atomic mass is 16.6. The fourth-order valence-electron chi connectivity index (χ4n) is 1.90. The van der Waals surface area contributed by atoms with Crippen molar-refractivity contribution in [1.82, 2.24) is 9.88 Å². The van der Waals surface area contributed by atoms with E-state index in [0.717, 1.165) is 30.0 Å². The predicted molar refractivity (Wildman–Crippen MR) is 70.0 cm³/mol. The molecule has 9 heteroatoms. The Morgan fingerprint density at radius 2 is 2.14 bits per heavy atom. The molecule has 1 aromatic rings. The van der Waals surface area contributed by atoms with Crippen molar-refractivity contribution in [2.75, 3.05) is 13.1 Å². The number of carboxylic acids is 1. The van der Waals surface area contributed by atoms with E-state index < -0.39 is 40.2 Å². The van der Waals surface area contributed by atoms with Gasteiger partial charge in [0.1, 0.15) is 12.1 Å². The quantitative estimate of drug-likeness (QED) is 0.569. The fraction of sp³-hybridized carbons (Fsp3) is 0.417. The zero-order valence-electron chi connectivity index (χ0n) is 10.9. The number of carbonyl (C=O) groups is 2. The number of pyridine rings is 1. The number of carbonyl (C=O) groups excluding carboxylic acids is 1. The lowest BCUT2D eigenvalue weighted by molar-refractivity contribution is -0.385. The minimum absolute atomic E-state index is 0.228. The molecule has 2 N–H and O–H groups in total. The van der Waals surface area contributed by atoms with Crippen molar-refractivity contribution < 1.29 is 19.6 Å². The first-order chi connectivity index (χ1) is 9.88. The van der Waals surface area contributed by atoms with Gasteiger partial charge in [-0.2, -0.15) is 0 Å². The smallest absolute Gasteiger partial charge is 0.323 e. The van der Waals surface area contributed by atoms with Crippen LogP contribution in [0.3, 0.4) is 0 Å². The van der Waals surface area contributed by atoms with Crippen LogP contribution in [-0.4, -0.2) is 44.9 Å². The number of amides is 1. The van der Waals surface area contributed by atoms with Crippen LogP contribution >= 0.6 is 0 Å². The Kier molecular flexibility index (Phi) is 4.01. The second-order valence-corrected chi connectivity index (χ2v) is 4.88. The van der Waals surface area contributed by atoms with E-state index in [1.54, 1.807) is 0 Å². The molecule has 1 aliphatic rings. The number of hydrogen-bond acceptors (Lipinski definition) is 5. The number of rotatable bonds is 6. The molecule has 21 heavy (non-hydrogen) atoms. The van der Waals surface area contributed by atoms with Crippen molar-refractivity contribution >= 4 is 17.6 Å². The Balaban J connectivity index is 2.30. The van der Waals surface area contributed by atoms with Crippen LogP contribution in [0.25, 0.3) is 0 Å². The summed E-state index contributed by atoms with van der Waals surface area (Å²) in [5, 5.41) is 19.5. The van der Waals surface area contributed by atoms with Crippen LogP contribution in [0.5, 0.6) is 0 Å². The molecular formula is C12H13N3O6. The summed E-state index contributed by atoms with van der Waals surface area (Å²) in [5.74, 6) is -1.79. The second-order valence-electron chi connectivity index (χ2n) is 4.88. The van der Waals surface area contributed by atoms with E-state index in [9.17, 15) is 24.5 Å². The summed E-state index contributed by atoms with van der Waals surface area (Å²) in [6.07, 6.45) is 2.69. The third-order valence-electron chi connectivity index (χ3n) is 3.12. The van der Waals surface area contributed by atoms with Crippen molar-refractivity contribution in [1.29, 1.82) is 0 Å². The maximum atomic E-state index is 12.3. The number of nitro groups is 1. The van der Waals surface area contributed by atoms with Crippen LogP contribution in [0.15, 0.2) is 17.1 Å². The molecule has 1 aliphatic carbocycles. The molecule has 2 rings (SSSR count). The van der Waals surface area contributed by atoms with Gasteiger partial charge in [-0.05, 0) is 18.8 Å². The third kappa shape index (κ3) is 3.65. The molecule has 1 fully saturated rings. The fourth-order valence-corrected chi connectivity index (χ4v) is 1.90. The Bertz CT molecular complexity index is 649. The van der Waals surface area contributed by atoms with Gasteiger partial charge in [-0.3, -0.25) is 24.5 Å². The first-order valence-corrected chi connectivity index (χ1v) is 6.26. The van der Waals surface area contributed by atoms with Crippen LogP contribution in [0, 0.1) is 16.0 Å². The molecule has 1 saturated carbocycles. The molecule has 0 atom stereocenters. The van der Waals surface area contributed by atoms with E-state index in [2.05, 4.69) is 4.98 Å². The lowest BCUT2D eigenvalue weighted by Gasteiger charge is -2.20. The first kappa shape index (κ1) is 14.7. The third-order valence-corrected chi connectivity index (χ3v) is 3.12. The van der Waals surface area contributed by atoms with Gasteiger partial charge in [0.25, 0.3) is 17.2 Å². The average molecular weight is 295 g/mol. The summed E-state index contributed by atoms with van der Waals surface area (Å²) >= 11 is 0. The summed E-state index contributed by atoms with van der Waals surface area (Å²) in [5.41, 5.74) is -1.64. The number of aromatic nitrogens is 1. The highest BCUT2D eigenvalue weighted by Crippen LogP contribution is 2.30. The van der Waals surface area contributed by atoms with Gasteiger partial charge in [0.15, 0.2) is 0 Å². The molecule has 0 unspecified atom stereocenters. The van der Waals surface area contributed by atoms with Gasteiger partial charge in [-0.1, -0.05) is 0 Å². The van der Waals surface area contributed by atoms with E-state index >= 15 is 0 Å². The predicted octanol–water partition coefficient (Wildman–Crippen LogP) is 0.220. The average Bonchev–Trinajstić information content (AvgIpc) is 3.21. The van der Waals surface area contributed by atoms with Crippen LogP contribution < -0.4 is 5.56 Å². The molecule has 0 aliphatic heterocycles. The molecule has 1 aromatic heterocycles. The molecule has 1 heterocycles. The normalized spacial score (nSPS) is 13.7. The standard InChI is InChI=1S/C12H13N3O6/c16-10(17)6-14(5-7-1-2-7)12(19)9-3-8(15(20)21)4-13-11(9)18/h3-4,7H,1-2,5-6H2,(H,13,18)(H,16,17). The van der Waals surface area contributed by atoms with Crippen LogP contribution in [-0.2, 0) is 4.79 Å². The van der Waals surface area contributed by atoms with Crippen LogP contribution in [0.2, 0.25) is 0 Å². The minimum Gasteiger partial charge on any atom is -0.480 e. The molecule has 1 amide bonds. The van der Waals surface area contributed by atoms with Gasteiger partial charge in [0, 0.05) is 12.6 Å². The molecule has 0 saturated heterocycles. The highest BCUT2D eigenvalue weighted by molar-refractivity contribution is 5.96. The van der Waals surface area contributed by atoms with Crippen molar-refractivity contribution in [2.24, 2.45) is 5.92 Å². The van der Waals surface area contributed by atoms with E-state index in [1.807, 2.05) is 0 Å². The van der Waals surface area contributed by atoms with E-state index in [4.69, 9.17) is 5.11 Å². The Hall–Kier alpha value is -2.71. The van der Waals surface area contributed by atoms with Gasteiger partial charge in [-0.15, -0.1) is 0 Å². The monoisotopic (exact) mass is 295 g/mol. The topological polar surface area (TPSA) is 134 Å². The van der Waals surface area contributed by atoms with Crippen LogP contribution in [0.1, 0.15) is 23.2 Å². The highest BCUT2D eigenvalue weighted by Gasteiger charge is 2.30. The van der Waals surface area contributed by atoms with Crippen molar-refractivity contribution in [2.45, 2.75) is 12.8 Å². The summed E-state index contributed by atoms with van der Waals surface area (Å²) in [7, 11) is 0. The number of carboxylic acid groups (broad SMARTS) is 1. The largest absolute Gasteiger partial charge is 0.480 e. The van der Waals surface area contributed by atoms with Gasteiger partial charge in [0.05, 0.1) is 11.1 Å². The number of H-pyrrole nitrogens is 1. The second kappa shape index (κ2) is 5.73. The SMILES string of the molecule is O=C(O)CN(CC1CC1)C(=O)c1cc([N+](=O)[O-])c[nH]c1=O. The summed E-state index contributed by atoms with van der Waals surface area (Å²) in [6.45, 7) is -0.315. The van der Waals surface area contributed by atoms with E-state index in [0.29, 0.717) is 0 Å². The Morgan fingerprint density at radius 1 is 1.48 bits per heavy atom. The maximum Gasteiger partial charge on any atom is 0.323 e. The molecule has 0 bridgehead atoms. The molecule has 9 nitrogen and oxygen atoms in total. The zero-order valence-corrected chi connectivity index (χ0v) is 10.9. The Morgan fingerprint density at radius 3 is 2.67 bits per heavy atom. The van der Waals surface area contributed by atoms with E-state index in [1.165, 1.54) is 0 Å². The number of nitrogens with one attached hydrogen (secondary N) is 1. The number of aromatic amines is 1. The van der Waals surface area contributed by atoms with Gasteiger partial charge in [-0.25, -0.2) is 0 Å². The first-order valence-electron chi connectivity index (χ1n) is 6.26. The lowest BCUT2D eigenvalue weighted by Crippen LogP contribution is -2.39. The van der Waals surface area contributed by atoms with Crippen molar-refractivity contribution in [3.8, 4) is 0 Å². The lowest BCUT2D eigenvalue weighted by atomic mass is 10.2. The van der Waals surface area contributed by atoms with E-state index in [-0.39, 0.29) is 12.5 Å². The molecule has 0 radical (unpaired) electrons. The van der Waals surface area contributed by atoms with Crippen molar-refractivity contribution in [3.05, 3.63) is 38.3 Å². The Labute approximate surface area is 118 Å². The summed E-state index contributed by atoms with van der Waals surface area (Å²) in [4.78, 5) is 47.8. The maximum absolute atomic E-state index is 12.3. The van der Waals surface area contributed by atoms with Crippen LogP contribution in [0.4, 0.5) is 5.69 Å². The molecule has 112 valence electrons. The summed E-state index contributed by atoms with van der Waals surface area (Å²) in [6, 6.07) is 0.864. The number of hydrogen-bond donors (Lipinski definition) is 2.